The molecule has 0 aliphatic carbocycles. The maximum atomic E-state index is 12.2. The van der Waals surface area contributed by atoms with E-state index in [1.165, 1.54) is 16.8 Å². The van der Waals surface area contributed by atoms with Gasteiger partial charge in [0.05, 0.1) is 13.2 Å². The Balaban J connectivity index is 2.21. The van der Waals surface area contributed by atoms with Crippen molar-refractivity contribution in [2.75, 3.05) is 13.2 Å². The van der Waals surface area contributed by atoms with Crippen LogP contribution in [0.4, 0.5) is 0 Å². The Hall–Kier alpha value is -1.05. The molecule has 0 unspecified atom stereocenters. The maximum Gasteiger partial charge on any atom is 0.332 e. The zero-order chi connectivity index (χ0) is 23.8. The topological polar surface area (TPSA) is 91.8 Å². The van der Waals surface area contributed by atoms with Crippen LogP contribution < -0.4 is 11.2 Å². The third-order valence-electron chi connectivity index (χ3n) is 6.90. The van der Waals surface area contributed by atoms with Gasteiger partial charge in [-0.05, 0) is 36.3 Å². The van der Waals surface area contributed by atoms with Crippen molar-refractivity contribution in [1.29, 1.82) is 0 Å². The summed E-state index contributed by atoms with van der Waals surface area (Å²) in [6.45, 7) is 22.6. The smallest absolute Gasteiger partial charge is 0.332 e. The fourth-order valence-corrected chi connectivity index (χ4v) is 4.57. The lowest BCUT2D eigenvalue weighted by molar-refractivity contribution is -0.130. The summed E-state index contributed by atoms with van der Waals surface area (Å²) < 4.78 is 26.2. The molecule has 2 rings (SSSR count). The minimum atomic E-state index is -1.99. The molecule has 1 aromatic rings. The molecule has 0 bridgehead atoms. The summed E-state index contributed by atoms with van der Waals surface area (Å²) in [4.78, 5) is 25.9. The van der Waals surface area contributed by atoms with Crippen LogP contribution in [-0.2, 0) is 18.3 Å². The van der Waals surface area contributed by atoms with Crippen molar-refractivity contribution in [3.8, 4) is 0 Å². The van der Waals surface area contributed by atoms with Crippen LogP contribution in [0.2, 0.25) is 36.3 Å². The molecule has 1 aliphatic rings. The second-order valence-corrected chi connectivity index (χ2v) is 20.9. The van der Waals surface area contributed by atoms with Crippen molar-refractivity contribution in [1.82, 2.24) is 9.55 Å². The van der Waals surface area contributed by atoms with E-state index in [2.05, 4.69) is 72.7 Å². The van der Waals surface area contributed by atoms with Crippen LogP contribution in [-0.4, -0.2) is 51.6 Å². The first-order chi connectivity index (χ1) is 13.9. The van der Waals surface area contributed by atoms with Crippen LogP contribution in [0.15, 0.2) is 21.9 Å². The van der Waals surface area contributed by atoms with Crippen molar-refractivity contribution >= 4 is 16.6 Å². The van der Waals surface area contributed by atoms with E-state index in [-0.39, 0.29) is 22.3 Å². The Morgan fingerprint density at radius 3 is 1.68 bits per heavy atom. The third kappa shape index (κ3) is 6.26. The molecular formula is C21H40N2O6Si2. The number of hydrogen-bond acceptors (Lipinski definition) is 6. The van der Waals surface area contributed by atoms with Gasteiger partial charge in [-0.1, -0.05) is 41.5 Å². The van der Waals surface area contributed by atoms with E-state index in [9.17, 15) is 9.59 Å². The maximum absolute atomic E-state index is 12.2. The Labute approximate surface area is 187 Å². The lowest BCUT2D eigenvalue weighted by atomic mass is 10.2. The highest BCUT2D eigenvalue weighted by atomic mass is 28.4. The number of nitrogens with zero attached hydrogens (tertiary/aromatic N) is 1. The largest absolute Gasteiger partial charge is 0.414 e. The van der Waals surface area contributed by atoms with Gasteiger partial charge in [0.2, 0.25) is 6.41 Å². The summed E-state index contributed by atoms with van der Waals surface area (Å²) >= 11 is 0. The zero-order valence-electron chi connectivity index (χ0n) is 20.7. The number of H-pyrrole nitrogens is 1. The molecule has 1 fully saturated rings. The second kappa shape index (κ2) is 9.07. The highest BCUT2D eigenvalue weighted by Crippen LogP contribution is 2.39. The van der Waals surface area contributed by atoms with Gasteiger partial charge in [-0.3, -0.25) is 14.3 Å². The average molecular weight is 473 g/mol. The highest BCUT2D eigenvalue weighted by Gasteiger charge is 2.44. The van der Waals surface area contributed by atoms with Gasteiger partial charge in [-0.15, -0.1) is 0 Å². The molecule has 8 nitrogen and oxygen atoms in total. The van der Waals surface area contributed by atoms with Gasteiger partial charge in [0.25, 0.3) is 5.56 Å². The first kappa shape index (κ1) is 26.2. The average Bonchev–Trinajstić information content (AvgIpc) is 2.99. The minimum absolute atomic E-state index is 0.0643. The van der Waals surface area contributed by atoms with Gasteiger partial charge in [0.15, 0.2) is 16.6 Å². The number of aromatic amines is 1. The lowest BCUT2D eigenvalue weighted by Crippen LogP contribution is -2.46. The molecule has 0 saturated carbocycles. The van der Waals surface area contributed by atoms with Crippen LogP contribution in [0.3, 0.4) is 0 Å². The predicted molar refractivity (Wildman–Crippen MR) is 126 cm³/mol. The Kier molecular flexibility index (Phi) is 7.67. The molecule has 1 aromatic heterocycles. The molecule has 178 valence electrons. The molecule has 0 radical (unpaired) electrons. The van der Waals surface area contributed by atoms with Crippen LogP contribution in [0, 0.1) is 0 Å². The molecular weight excluding hydrogens is 432 g/mol. The summed E-state index contributed by atoms with van der Waals surface area (Å²) in [5.74, 6) is 0. The summed E-state index contributed by atoms with van der Waals surface area (Å²) in [5.41, 5.74) is -1.04. The van der Waals surface area contributed by atoms with Gasteiger partial charge in [0.1, 0.15) is 12.2 Å². The molecule has 0 aromatic carbocycles. The molecule has 1 aliphatic heterocycles. The molecule has 0 amide bonds. The van der Waals surface area contributed by atoms with E-state index in [4.69, 9.17) is 18.3 Å². The fraction of sp³-hybridized carbons (Fsp3) is 0.810. The summed E-state index contributed by atoms with van der Waals surface area (Å²) in [6.07, 6.45) is -0.329. The quantitative estimate of drug-likeness (QED) is 0.607. The van der Waals surface area contributed by atoms with E-state index in [1.807, 2.05) is 0 Å². The monoisotopic (exact) mass is 472 g/mol. The first-order valence-corrected chi connectivity index (χ1v) is 16.7. The molecule has 2 heterocycles. The molecule has 10 heteroatoms. The third-order valence-corrected chi connectivity index (χ3v) is 15.9. The normalized spacial score (nSPS) is 21.6. The lowest BCUT2D eigenvalue weighted by Gasteiger charge is -2.38. The van der Waals surface area contributed by atoms with Crippen LogP contribution in [0.1, 0.15) is 48.0 Å². The molecule has 1 N–H and O–H groups in total. The summed E-state index contributed by atoms with van der Waals surface area (Å²) in [7, 11) is -3.99. The number of ether oxygens (including phenoxy) is 2. The van der Waals surface area contributed by atoms with E-state index in [1.54, 1.807) is 0 Å². The van der Waals surface area contributed by atoms with Gasteiger partial charge in [-0.2, -0.15) is 0 Å². The molecule has 1 saturated heterocycles. The number of hydrogen-bond donors (Lipinski definition) is 1. The summed E-state index contributed by atoms with van der Waals surface area (Å²) in [5, 5.41) is 0.129. The molecule has 0 spiro atoms. The van der Waals surface area contributed by atoms with E-state index < -0.39 is 34.3 Å². The Bertz CT molecular complexity index is 828. The van der Waals surface area contributed by atoms with Crippen LogP contribution in [0.5, 0.6) is 0 Å². The van der Waals surface area contributed by atoms with Gasteiger partial charge in [-0.25, -0.2) is 4.79 Å². The van der Waals surface area contributed by atoms with E-state index in [0.717, 1.165) is 0 Å². The molecule has 2 atom stereocenters. The van der Waals surface area contributed by atoms with Crippen molar-refractivity contribution < 1.29 is 18.3 Å². The second-order valence-electron chi connectivity index (χ2n) is 11.3. The van der Waals surface area contributed by atoms with Crippen molar-refractivity contribution in [2.45, 2.75) is 96.4 Å². The SMILES string of the molecule is CC(C)(C)[Si](C)(C)OC[C@H]1OC(n2ccc(=O)[nH]c2=O)O[C@@H]1CO[Si](C)(C)C(C)(C)C. The molecule has 31 heavy (non-hydrogen) atoms. The fourth-order valence-electron chi connectivity index (χ4n) is 2.54. The Morgan fingerprint density at radius 1 is 0.903 bits per heavy atom. The number of nitrogens with one attached hydrogen (secondary N) is 1. The zero-order valence-corrected chi connectivity index (χ0v) is 22.7. The van der Waals surface area contributed by atoms with Crippen LogP contribution >= 0.6 is 0 Å². The van der Waals surface area contributed by atoms with E-state index >= 15 is 0 Å². The van der Waals surface area contributed by atoms with Gasteiger partial charge < -0.3 is 18.3 Å². The van der Waals surface area contributed by atoms with Crippen LogP contribution in [0.25, 0.3) is 0 Å². The van der Waals surface area contributed by atoms with E-state index in [0.29, 0.717) is 13.2 Å². The van der Waals surface area contributed by atoms with Crippen molar-refractivity contribution in [3.05, 3.63) is 33.1 Å². The Morgan fingerprint density at radius 2 is 1.32 bits per heavy atom. The van der Waals surface area contributed by atoms with Gasteiger partial charge >= 0.3 is 5.69 Å². The highest BCUT2D eigenvalue weighted by molar-refractivity contribution is 6.74. The predicted octanol–water partition coefficient (Wildman–Crippen LogP) is 3.82. The van der Waals surface area contributed by atoms with Crippen molar-refractivity contribution in [2.24, 2.45) is 0 Å². The minimum Gasteiger partial charge on any atom is -0.414 e. The summed E-state index contributed by atoms with van der Waals surface area (Å²) in [6, 6.07) is 1.27. The number of aromatic nitrogens is 2. The van der Waals surface area contributed by atoms with Crippen molar-refractivity contribution in [3.63, 3.8) is 0 Å². The number of rotatable bonds is 7. The standard InChI is InChI=1S/C21H40N2O6Si2/c1-20(2,3)30(7,8)26-13-15-16(14-27-31(9,10)21(4,5)6)29-19(28-15)23-12-11-17(24)22-18(23)25/h11-12,15-16,19H,13-14H2,1-10H3,(H,22,24,25)/t15-,16-/m1/s1. The van der Waals surface area contributed by atoms with Gasteiger partial charge in [0, 0.05) is 12.3 Å². The first-order valence-electron chi connectivity index (χ1n) is 10.8.